The number of aliphatic hydroxyl groups is 2. The predicted molar refractivity (Wildman–Crippen MR) is 92.5 cm³/mol. The largest absolute Gasteiger partial charge is 0.394 e. The second kappa shape index (κ2) is 12.9. The quantitative estimate of drug-likeness (QED) is 0.475. The Morgan fingerprint density at radius 3 is 1.96 bits per heavy atom. The van der Waals surface area contributed by atoms with Crippen LogP contribution in [0.15, 0.2) is 12.2 Å². The zero-order valence-corrected chi connectivity index (χ0v) is 15.6. The second-order valence-corrected chi connectivity index (χ2v) is 6.02. The fraction of sp³-hybridized carbons (Fsp3) is 0.889. The fourth-order valence-electron chi connectivity index (χ4n) is 2.88. The number of rotatable bonds is 10. The first-order valence-corrected chi connectivity index (χ1v) is 8.59. The highest BCUT2D eigenvalue weighted by Crippen LogP contribution is 2.32. The van der Waals surface area contributed by atoms with E-state index in [2.05, 4.69) is 27.7 Å². The van der Waals surface area contributed by atoms with E-state index in [1.807, 2.05) is 6.08 Å². The van der Waals surface area contributed by atoms with Gasteiger partial charge in [0.05, 0.1) is 31.5 Å². The molecule has 1 aliphatic rings. The van der Waals surface area contributed by atoms with Gasteiger partial charge >= 0.3 is 0 Å². The van der Waals surface area contributed by atoms with Gasteiger partial charge in [-0.05, 0) is 12.8 Å². The van der Waals surface area contributed by atoms with E-state index in [9.17, 15) is 0 Å². The summed E-state index contributed by atoms with van der Waals surface area (Å²) >= 11 is 0. The van der Waals surface area contributed by atoms with Gasteiger partial charge in [0.1, 0.15) is 6.10 Å². The molecule has 0 bridgehead atoms. The van der Waals surface area contributed by atoms with Crippen molar-refractivity contribution in [3.05, 3.63) is 12.2 Å². The summed E-state index contributed by atoms with van der Waals surface area (Å²) in [6.07, 6.45) is 6.54. The van der Waals surface area contributed by atoms with E-state index in [0.29, 0.717) is 11.8 Å². The van der Waals surface area contributed by atoms with Gasteiger partial charge in [-0.3, -0.25) is 0 Å². The van der Waals surface area contributed by atoms with Crippen molar-refractivity contribution >= 4 is 0 Å². The molecule has 138 valence electrons. The van der Waals surface area contributed by atoms with Crippen LogP contribution in [-0.4, -0.2) is 62.1 Å². The zero-order valence-electron chi connectivity index (χ0n) is 15.6. The van der Waals surface area contributed by atoms with Crippen molar-refractivity contribution in [1.82, 2.24) is 0 Å². The van der Waals surface area contributed by atoms with Crippen molar-refractivity contribution in [2.45, 2.75) is 65.0 Å². The van der Waals surface area contributed by atoms with Crippen LogP contribution in [0.2, 0.25) is 0 Å². The van der Waals surface area contributed by atoms with E-state index < -0.39 is 0 Å². The summed E-state index contributed by atoms with van der Waals surface area (Å²) < 4.78 is 15.8. The normalized spacial score (nSPS) is 25.4. The van der Waals surface area contributed by atoms with Crippen LogP contribution < -0.4 is 0 Å². The molecule has 0 aromatic carbocycles. The zero-order chi connectivity index (χ0) is 17.8. The average Bonchev–Trinajstić information content (AvgIpc) is 3.35. The number of hydrogen-bond acceptors (Lipinski definition) is 5. The minimum absolute atomic E-state index is 0.0594. The summed E-state index contributed by atoms with van der Waals surface area (Å²) in [7, 11) is 3.44. The molecule has 1 fully saturated rings. The van der Waals surface area contributed by atoms with Crippen LogP contribution in [0.4, 0.5) is 0 Å². The van der Waals surface area contributed by atoms with Crippen LogP contribution in [0.1, 0.15) is 40.5 Å². The Morgan fingerprint density at radius 2 is 1.61 bits per heavy atom. The van der Waals surface area contributed by atoms with Crippen LogP contribution in [-0.2, 0) is 14.2 Å². The summed E-state index contributed by atoms with van der Waals surface area (Å²) in [5, 5.41) is 17.3. The van der Waals surface area contributed by atoms with E-state index in [-0.39, 0.29) is 37.6 Å². The lowest BCUT2D eigenvalue weighted by Crippen LogP contribution is -2.25. The highest BCUT2D eigenvalue weighted by molar-refractivity contribution is 4.91. The van der Waals surface area contributed by atoms with Crippen LogP contribution in [0.25, 0.3) is 0 Å². The highest BCUT2D eigenvalue weighted by atomic mass is 16.6. The molecule has 1 heterocycles. The van der Waals surface area contributed by atoms with E-state index in [1.165, 1.54) is 0 Å². The van der Waals surface area contributed by atoms with E-state index in [4.69, 9.17) is 24.4 Å². The average molecular weight is 332 g/mol. The van der Waals surface area contributed by atoms with E-state index in [0.717, 1.165) is 12.8 Å². The molecule has 0 aromatic heterocycles. The Bertz CT molecular complexity index is 300. The molecule has 0 spiro atoms. The first-order chi connectivity index (χ1) is 11.0. The minimum atomic E-state index is 0.0594. The third-order valence-corrected chi connectivity index (χ3v) is 4.45. The van der Waals surface area contributed by atoms with Crippen molar-refractivity contribution in [2.24, 2.45) is 11.8 Å². The maximum Gasteiger partial charge on any atom is 0.108 e. The molecular weight excluding hydrogens is 296 g/mol. The van der Waals surface area contributed by atoms with Crippen molar-refractivity contribution in [2.75, 3.05) is 27.4 Å². The molecule has 0 radical (unpaired) electrons. The van der Waals surface area contributed by atoms with Crippen LogP contribution >= 0.6 is 0 Å². The van der Waals surface area contributed by atoms with Crippen molar-refractivity contribution < 1.29 is 24.4 Å². The first kappa shape index (κ1) is 22.5. The monoisotopic (exact) mass is 332 g/mol. The number of ether oxygens (including phenoxy) is 3. The highest BCUT2D eigenvalue weighted by Gasteiger charge is 2.44. The van der Waals surface area contributed by atoms with Crippen molar-refractivity contribution in [3.8, 4) is 0 Å². The number of aliphatic hydroxyl groups excluding tert-OH is 2. The smallest absolute Gasteiger partial charge is 0.108 e. The summed E-state index contributed by atoms with van der Waals surface area (Å²) in [5.41, 5.74) is 0. The van der Waals surface area contributed by atoms with Gasteiger partial charge in [0.2, 0.25) is 0 Å². The molecule has 0 aliphatic carbocycles. The van der Waals surface area contributed by atoms with E-state index in [1.54, 1.807) is 20.3 Å². The molecule has 0 saturated carbocycles. The molecule has 0 unspecified atom stereocenters. The maximum absolute atomic E-state index is 8.79. The SMILES string of the molecule is CC[C@@H](OC)[C@H](C)/C=C/CO.CC[C@@H](OC)[C@H](C)[C@H]1O[C@@H]1CO. The second-order valence-electron chi connectivity index (χ2n) is 6.02. The molecule has 2 N–H and O–H groups in total. The van der Waals surface area contributed by atoms with Gasteiger partial charge in [0.25, 0.3) is 0 Å². The number of epoxide rings is 1. The van der Waals surface area contributed by atoms with Gasteiger partial charge < -0.3 is 24.4 Å². The molecule has 1 saturated heterocycles. The Kier molecular flexibility index (Phi) is 12.6. The summed E-state index contributed by atoms with van der Waals surface area (Å²) in [6, 6.07) is 0. The molecule has 5 heteroatoms. The van der Waals surface area contributed by atoms with Gasteiger partial charge in [0, 0.05) is 26.1 Å². The van der Waals surface area contributed by atoms with Crippen molar-refractivity contribution in [1.29, 1.82) is 0 Å². The minimum Gasteiger partial charge on any atom is -0.394 e. The van der Waals surface area contributed by atoms with Crippen molar-refractivity contribution in [3.63, 3.8) is 0 Å². The predicted octanol–water partition coefficient (Wildman–Crippen LogP) is 2.40. The van der Waals surface area contributed by atoms with Gasteiger partial charge in [-0.1, -0.05) is 39.8 Å². The van der Waals surface area contributed by atoms with E-state index >= 15 is 0 Å². The Labute approximate surface area is 141 Å². The first-order valence-electron chi connectivity index (χ1n) is 8.59. The van der Waals surface area contributed by atoms with Crippen LogP contribution in [0.5, 0.6) is 0 Å². The molecule has 23 heavy (non-hydrogen) atoms. The Morgan fingerprint density at radius 1 is 1.04 bits per heavy atom. The maximum atomic E-state index is 8.79. The van der Waals surface area contributed by atoms with Gasteiger partial charge in [-0.25, -0.2) is 0 Å². The molecule has 5 nitrogen and oxygen atoms in total. The number of methoxy groups -OCH3 is 2. The Balaban J connectivity index is 0.000000423. The molecular formula is C18H36O5. The third kappa shape index (κ3) is 8.27. The molecule has 0 amide bonds. The molecule has 1 rings (SSSR count). The van der Waals surface area contributed by atoms with Gasteiger partial charge in [-0.15, -0.1) is 0 Å². The standard InChI is InChI=1S/C9H18O3.C9H18O2/c1-4-7(11-3)6(2)9-8(5-10)12-9;1-4-9(11-3)8(2)6-5-7-10/h6-10H,4-5H2,1-3H3;5-6,8-10H,4,7H2,1-3H3/b;6-5+/t6-,7+,8+,9+;8-,9-/m01/s1. The molecule has 1 aliphatic heterocycles. The third-order valence-electron chi connectivity index (χ3n) is 4.45. The fourth-order valence-corrected chi connectivity index (χ4v) is 2.88. The lowest BCUT2D eigenvalue weighted by atomic mass is 9.97. The summed E-state index contributed by atoms with van der Waals surface area (Å²) in [6.45, 7) is 8.64. The van der Waals surface area contributed by atoms with Crippen LogP contribution in [0.3, 0.4) is 0 Å². The molecule has 6 atom stereocenters. The molecule has 0 aromatic rings. The summed E-state index contributed by atoms with van der Waals surface area (Å²) in [5.74, 6) is 0.772. The summed E-state index contributed by atoms with van der Waals surface area (Å²) in [4.78, 5) is 0. The topological polar surface area (TPSA) is 71.5 Å². The lowest BCUT2D eigenvalue weighted by Gasteiger charge is -2.19. The van der Waals surface area contributed by atoms with Crippen LogP contribution in [0, 0.1) is 11.8 Å². The lowest BCUT2D eigenvalue weighted by molar-refractivity contribution is 0.0446. The Hall–Kier alpha value is -0.460. The van der Waals surface area contributed by atoms with Gasteiger partial charge in [0.15, 0.2) is 0 Å². The number of hydrogen-bond donors (Lipinski definition) is 2. The van der Waals surface area contributed by atoms with Gasteiger partial charge in [-0.2, -0.15) is 0 Å².